The van der Waals surface area contributed by atoms with E-state index in [1.165, 1.54) is 41.0 Å². The molecule has 1 aliphatic rings. The fourth-order valence-corrected chi connectivity index (χ4v) is 5.55. The van der Waals surface area contributed by atoms with Crippen LogP contribution in [0.15, 0.2) is 60.0 Å². The van der Waals surface area contributed by atoms with Crippen LogP contribution < -0.4 is 16.2 Å². The number of carbonyl (C=O) groups is 1. The predicted octanol–water partition coefficient (Wildman–Crippen LogP) is 4.96. The van der Waals surface area contributed by atoms with Gasteiger partial charge in [0.05, 0.1) is 22.6 Å². The Morgan fingerprint density at radius 1 is 1.17 bits per heavy atom. The number of nitrogen functional groups attached to an aromatic ring is 1. The molecule has 4 heterocycles. The van der Waals surface area contributed by atoms with Gasteiger partial charge in [-0.1, -0.05) is 26.5 Å². The minimum atomic E-state index is -0.777. The molecule has 10 heteroatoms. The standard InChI is InChI=1S/C31H32F2N6O2/c1-6-25(40)37-12-13-38(19(5)16-37)24-15-26(41)39(30-18(4)10-11-35-28(30)17(2)3)31-20(24)14-22(33)29(36-31)27-21(32)8-7-9-23(27)34/h6-11,14-15,17,19H,1,12-13,16,34H2,2-5H3/t19-/m0/s1. The van der Waals surface area contributed by atoms with Crippen molar-refractivity contribution in [3.05, 3.63) is 88.5 Å². The number of aromatic nitrogens is 3. The van der Waals surface area contributed by atoms with E-state index < -0.39 is 17.2 Å². The van der Waals surface area contributed by atoms with E-state index in [0.29, 0.717) is 42.1 Å². The van der Waals surface area contributed by atoms with Gasteiger partial charge in [-0.15, -0.1) is 0 Å². The first-order chi connectivity index (χ1) is 19.5. The Kier molecular flexibility index (Phi) is 7.33. The molecular formula is C31H32F2N6O2. The van der Waals surface area contributed by atoms with Gasteiger partial charge in [0.15, 0.2) is 5.82 Å². The van der Waals surface area contributed by atoms with Crippen LogP contribution >= 0.6 is 0 Å². The second kappa shape index (κ2) is 10.8. The Morgan fingerprint density at radius 3 is 2.59 bits per heavy atom. The number of rotatable bonds is 5. The summed E-state index contributed by atoms with van der Waals surface area (Å²) in [6, 6.07) is 8.46. The maximum Gasteiger partial charge on any atom is 0.258 e. The SMILES string of the molecule is C=CC(=O)N1CCN(c2cc(=O)n(-c3c(C)ccnc3C(C)C)c3nc(-c4c(N)cccc4F)c(F)cc23)[C@@H](C)C1. The zero-order chi connectivity index (χ0) is 29.6. The highest BCUT2D eigenvalue weighted by atomic mass is 19.1. The first-order valence-electron chi connectivity index (χ1n) is 13.5. The molecular weight excluding hydrogens is 526 g/mol. The van der Waals surface area contributed by atoms with Crippen molar-refractivity contribution in [2.75, 3.05) is 30.3 Å². The van der Waals surface area contributed by atoms with E-state index in [0.717, 1.165) is 5.56 Å². The van der Waals surface area contributed by atoms with E-state index in [9.17, 15) is 14.0 Å². The topological polar surface area (TPSA) is 97.4 Å². The molecule has 1 fully saturated rings. The molecule has 41 heavy (non-hydrogen) atoms. The molecule has 0 spiro atoms. The Balaban J connectivity index is 1.83. The molecule has 0 saturated carbocycles. The highest BCUT2D eigenvalue weighted by molar-refractivity contribution is 5.94. The van der Waals surface area contributed by atoms with Gasteiger partial charge >= 0.3 is 0 Å². The van der Waals surface area contributed by atoms with Crippen molar-refractivity contribution in [2.45, 2.75) is 39.7 Å². The van der Waals surface area contributed by atoms with Gasteiger partial charge in [0.25, 0.3) is 5.56 Å². The summed E-state index contributed by atoms with van der Waals surface area (Å²) >= 11 is 0. The van der Waals surface area contributed by atoms with Crippen molar-refractivity contribution in [3.8, 4) is 16.9 Å². The van der Waals surface area contributed by atoms with E-state index in [2.05, 4.69) is 16.5 Å². The third kappa shape index (κ3) is 4.83. The average molecular weight is 559 g/mol. The van der Waals surface area contributed by atoms with E-state index in [-0.39, 0.29) is 40.5 Å². The summed E-state index contributed by atoms with van der Waals surface area (Å²) in [7, 11) is 0. The minimum Gasteiger partial charge on any atom is -0.398 e. The Bertz CT molecular complexity index is 1730. The maximum atomic E-state index is 15.9. The van der Waals surface area contributed by atoms with Crippen molar-refractivity contribution in [1.82, 2.24) is 19.4 Å². The van der Waals surface area contributed by atoms with Gasteiger partial charge in [0.2, 0.25) is 5.91 Å². The molecule has 1 aliphatic heterocycles. The quantitative estimate of drug-likeness (QED) is 0.275. The van der Waals surface area contributed by atoms with Gasteiger partial charge < -0.3 is 15.5 Å². The summed E-state index contributed by atoms with van der Waals surface area (Å²) < 4.78 is 32.3. The van der Waals surface area contributed by atoms with Crippen LogP contribution in [0.4, 0.5) is 20.2 Å². The fraction of sp³-hybridized carbons (Fsp3) is 0.290. The van der Waals surface area contributed by atoms with Crippen molar-refractivity contribution < 1.29 is 13.6 Å². The number of aryl methyl sites for hydroxylation is 1. The van der Waals surface area contributed by atoms with Crippen molar-refractivity contribution in [3.63, 3.8) is 0 Å². The number of nitrogens with zero attached hydrogens (tertiary/aromatic N) is 5. The normalized spacial score (nSPS) is 15.5. The van der Waals surface area contributed by atoms with E-state index in [1.54, 1.807) is 17.2 Å². The van der Waals surface area contributed by atoms with Gasteiger partial charge in [-0.2, -0.15) is 0 Å². The molecule has 3 aromatic heterocycles. The molecule has 8 nitrogen and oxygen atoms in total. The molecule has 212 valence electrons. The Morgan fingerprint density at radius 2 is 1.93 bits per heavy atom. The van der Waals surface area contributed by atoms with Crippen LogP contribution in [-0.4, -0.2) is 51.0 Å². The van der Waals surface area contributed by atoms with Crippen molar-refractivity contribution in [2.24, 2.45) is 0 Å². The second-order valence-corrected chi connectivity index (χ2v) is 10.6. The number of halogens is 2. The molecule has 0 unspecified atom stereocenters. The maximum absolute atomic E-state index is 15.9. The molecule has 0 radical (unpaired) electrons. The van der Waals surface area contributed by atoms with Crippen LogP contribution in [0.2, 0.25) is 0 Å². The lowest BCUT2D eigenvalue weighted by Crippen LogP contribution is -2.53. The highest BCUT2D eigenvalue weighted by Crippen LogP contribution is 2.36. The van der Waals surface area contributed by atoms with Crippen LogP contribution in [0.3, 0.4) is 0 Å². The Hall–Kier alpha value is -4.60. The summed E-state index contributed by atoms with van der Waals surface area (Å²) in [5.74, 6) is -1.72. The third-order valence-electron chi connectivity index (χ3n) is 7.55. The summed E-state index contributed by atoms with van der Waals surface area (Å²) in [6.07, 6.45) is 2.96. The summed E-state index contributed by atoms with van der Waals surface area (Å²) in [5, 5.41) is 0.370. The molecule has 1 aromatic carbocycles. The van der Waals surface area contributed by atoms with E-state index >= 15 is 4.39 Å². The van der Waals surface area contributed by atoms with Crippen LogP contribution in [0.1, 0.15) is 37.9 Å². The lowest BCUT2D eigenvalue weighted by atomic mass is 10.0. The lowest BCUT2D eigenvalue weighted by Gasteiger charge is -2.41. The first kappa shape index (κ1) is 27.9. The number of carbonyl (C=O) groups excluding carboxylic acids is 1. The molecule has 2 N–H and O–H groups in total. The number of hydrogen-bond acceptors (Lipinski definition) is 6. The number of fused-ring (bicyclic) bond motifs is 1. The van der Waals surface area contributed by atoms with E-state index in [4.69, 9.17) is 5.73 Å². The first-order valence-corrected chi connectivity index (χ1v) is 13.5. The molecule has 0 aliphatic carbocycles. The van der Waals surface area contributed by atoms with Crippen molar-refractivity contribution >= 4 is 28.3 Å². The largest absolute Gasteiger partial charge is 0.398 e. The molecule has 1 amide bonds. The number of benzene rings is 1. The van der Waals surface area contributed by atoms with Gasteiger partial charge in [-0.3, -0.25) is 19.1 Å². The van der Waals surface area contributed by atoms with Gasteiger partial charge in [0, 0.05) is 49.0 Å². The zero-order valence-corrected chi connectivity index (χ0v) is 23.5. The molecule has 1 atom stereocenters. The number of amides is 1. The zero-order valence-electron chi connectivity index (χ0n) is 23.5. The molecule has 5 rings (SSSR count). The monoisotopic (exact) mass is 558 g/mol. The van der Waals surface area contributed by atoms with Gasteiger partial charge in [-0.25, -0.2) is 13.8 Å². The highest BCUT2D eigenvalue weighted by Gasteiger charge is 2.30. The molecule has 1 saturated heterocycles. The second-order valence-electron chi connectivity index (χ2n) is 10.6. The van der Waals surface area contributed by atoms with Gasteiger partial charge in [0.1, 0.15) is 17.2 Å². The smallest absolute Gasteiger partial charge is 0.258 e. The Labute approximate surface area is 236 Å². The van der Waals surface area contributed by atoms with Crippen LogP contribution in [0, 0.1) is 18.6 Å². The van der Waals surface area contributed by atoms with Crippen LogP contribution in [0.5, 0.6) is 0 Å². The predicted molar refractivity (Wildman–Crippen MR) is 157 cm³/mol. The number of anilines is 2. The summed E-state index contributed by atoms with van der Waals surface area (Å²) in [6.45, 7) is 12.5. The van der Waals surface area contributed by atoms with Crippen LogP contribution in [0.25, 0.3) is 28.0 Å². The van der Waals surface area contributed by atoms with E-state index in [1.807, 2.05) is 32.6 Å². The number of pyridine rings is 3. The average Bonchev–Trinajstić information content (AvgIpc) is 2.93. The number of hydrogen-bond donors (Lipinski definition) is 1. The van der Waals surface area contributed by atoms with Crippen molar-refractivity contribution in [1.29, 1.82) is 0 Å². The van der Waals surface area contributed by atoms with Gasteiger partial charge in [-0.05, 0) is 55.7 Å². The third-order valence-corrected chi connectivity index (χ3v) is 7.55. The molecule has 4 aromatic rings. The minimum absolute atomic E-state index is 0.0258. The lowest BCUT2D eigenvalue weighted by molar-refractivity contribution is -0.126. The number of nitrogens with two attached hydrogens (primary N) is 1. The number of piperazine rings is 1. The molecule has 0 bridgehead atoms. The summed E-state index contributed by atoms with van der Waals surface area (Å²) in [5.41, 5.74) is 7.87. The fourth-order valence-electron chi connectivity index (χ4n) is 5.55. The van der Waals surface area contributed by atoms with Crippen LogP contribution in [-0.2, 0) is 4.79 Å². The summed E-state index contributed by atoms with van der Waals surface area (Å²) in [4.78, 5) is 39.1.